The maximum Gasteiger partial charge on any atom is 0.223 e. The van der Waals surface area contributed by atoms with E-state index in [0.29, 0.717) is 26.0 Å². The third kappa shape index (κ3) is 6.76. The second-order valence-electron chi connectivity index (χ2n) is 7.32. The molecule has 1 heterocycles. The number of likely N-dealkylation sites (tertiary alicyclic amines) is 1. The predicted octanol–water partition coefficient (Wildman–Crippen LogP) is 1.85. The Bertz CT molecular complexity index is 420. The monoisotopic (exact) mass is 375 g/mol. The summed E-state index contributed by atoms with van der Waals surface area (Å²) in [6.45, 7) is 2.58. The van der Waals surface area contributed by atoms with Crippen LogP contribution in [0.5, 0.6) is 0 Å². The third-order valence-electron chi connectivity index (χ3n) is 5.63. The van der Waals surface area contributed by atoms with Crippen molar-refractivity contribution in [2.75, 3.05) is 33.3 Å². The van der Waals surface area contributed by atoms with Crippen LogP contribution in [-0.4, -0.2) is 56.1 Å². The number of carbonyl (C=O) groups excluding carboxylic acids is 2. The highest BCUT2D eigenvalue weighted by atomic mass is 35.5. The number of nitrogens with zero attached hydrogens (tertiary/aromatic N) is 1. The molecule has 0 aromatic rings. The molecule has 0 radical (unpaired) electrons. The molecule has 0 spiro atoms. The summed E-state index contributed by atoms with van der Waals surface area (Å²) in [5, 5.41) is 2.59. The number of carbonyl (C=O) groups is 2. The van der Waals surface area contributed by atoms with E-state index in [9.17, 15) is 9.59 Å². The lowest BCUT2D eigenvalue weighted by molar-refractivity contribution is -0.136. The van der Waals surface area contributed by atoms with E-state index in [-0.39, 0.29) is 35.7 Å². The molecular formula is C18H34ClN3O3. The molecule has 0 atom stereocenters. The van der Waals surface area contributed by atoms with Gasteiger partial charge >= 0.3 is 0 Å². The minimum atomic E-state index is 0. The van der Waals surface area contributed by atoms with E-state index in [1.54, 1.807) is 7.05 Å². The lowest BCUT2D eigenvalue weighted by Gasteiger charge is -2.39. The van der Waals surface area contributed by atoms with Crippen LogP contribution < -0.4 is 11.1 Å². The Labute approximate surface area is 157 Å². The van der Waals surface area contributed by atoms with Gasteiger partial charge in [0, 0.05) is 33.0 Å². The molecule has 1 saturated carbocycles. The van der Waals surface area contributed by atoms with Gasteiger partial charge in [0.1, 0.15) is 0 Å². The Hall–Kier alpha value is -0.850. The first kappa shape index (κ1) is 22.2. The highest BCUT2D eigenvalue weighted by Crippen LogP contribution is 2.39. The van der Waals surface area contributed by atoms with Crippen molar-refractivity contribution in [2.45, 2.75) is 63.9 Å². The van der Waals surface area contributed by atoms with Crippen molar-refractivity contribution >= 4 is 24.2 Å². The smallest absolute Gasteiger partial charge is 0.223 e. The number of halogens is 1. The number of nitrogens with one attached hydrogen (secondary N) is 1. The van der Waals surface area contributed by atoms with Crippen LogP contribution in [0.1, 0.15) is 57.8 Å². The molecule has 25 heavy (non-hydrogen) atoms. The lowest BCUT2D eigenvalue weighted by Crippen LogP contribution is -2.45. The number of piperidine rings is 1. The molecule has 146 valence electrons. The normalized spacial score (nSPS) is 20.6. The Morgan fingerprint density at radius 2 is 1.84 bits per heavy atom. The molecular weight excluding hydrogens is 342 g/mol. The van der Waals surface area contributed by atoms with Gasteiger partial charge in [-0.3, -0.25) is 9.59 Å². The summed E-state index contributed by atoms with van der Waals surface area (Å²) in [4.78, 5) is 25.8. The van der Waals surface area contributed by atoms with E-state index in [1.165, 1.54) is 19.3 Å². The van der Waals surface area contributed by atoms with Crippen molar-refractivity contribution in [1.29, 1.82) is 0 Å². The fraction of sp³-hybridized carbons (Fsp3) is 0.889. The van der Waals surface area contributed by atoms with Crippen LogP contribution in [0, 0.1) is 5.41 Å². The molecule has 2 amide bonds. The van der Waals surface area contributed by atoms with E-state index in [2.05, 4.69) is 5.32 Å². The first-order valence-corrected chi connectivity index (χ1v) is 9.38. The first-order chi connectivity index (χ1) is 11.6. The van der Waals surface area contributed by atoms with Gasteiger partial charge in [-0.05, 0) is 37.6 Å². The van der Waals surface area contributed by atoms with Crippen molar-refractivity contribution < 1.29 is 14.3 Å². The van der Waals surface area contributed by atoms with Gasteiger partial charge in [0.15, 0.2) is 0 Å². The molecule has 2 aliphatic rings. The second-order valence-corrected chi connectivity index (χ2v) is 7.32. The standard InChI is InChI=1S/C18H33N3O3.ClH/c1-20-16(22)7-12-24-15-5-10-21(11-6-15)17(23)13-18(14-19)8-3-2-4-9-18;/h15H,2-14,19H2,1H3,(H,20,22);1H. The Balaban J connectivity index is 0.00000312. The summed E-state index contributed by atoms with van der Waals surface area (Å²) < 4.78 is 5.76. The van der Waals surface area contributed by atoms with Gasteiger partial charge in [-0.2, -0.15) is 0 Å². The molecule has 7 heteroatoms. The van der Waals surface area contributed by atoms with E-state index >= 15 is 0 Å². The minimum Gasteiger partial charge on any atom is -0.378 e. The zero-order valence-electron chi connectivity index (χ0n) is 15.4. The zero-order chi connectivity index (χ0) is 17.4. The van der Waals surface area contributed by atoms with Crippen molar-refractivity contribution in [3.8, 4) is 0 Å². The van der Waals surface area contributed by atoms with Crippen LogP contribution >= 0.6 is 12.4 Å². The summed E-state index contributed by atoms with van der Waals surface area (Å²) >= 11 is 0. The van der Waals surface area contributed by atoms with Crippen LogP contribution in [0.25, 0.3) is 0 Å². The molecule has 2 rings (SSSR count). The highest BCUT2D eigenvalue weighted by molar-refractivity contribution is 5.85. The highest BCUT2D eigenvalue weighted by Gasteiger charge is 2.35. The maximum atomic E-state index is 12.7. The molecule has 2 fully saturated rings. The van der Waals surface area contributed by atoms with Crippen LogP contribution in [0.2, 0.25) is 0 Å². The van der Waals surface area contributed by atoms with Gasteiger partial charge < -0.3 is 20.7 Å². The van der Waals surface area contributed by atoms with Gasteiger partial charge in [-0.15, -0.1) is 12.4 Å². The van der Waals surface area contributed by atoms with Gasteiger partial charge in [-0.25, -0.2) is 0 Å². The zero-order valence-corrected chi connectivity index (χ0v) is 16.2. The number of nitrogens with two attached hydrogens (primary N) is 1. The van der Waals surface area contributed by atoms with Crippen LogP contribution in [0.3, 0.4) is 0 Å². The molecule has 0 aromatic carbocycles. The molecule has 0 aromatic heterocycles. The number of ether oxygens (including phenoxy) is 1. The van der Waals surface area contributed by atoms with E-state index in [0.717, 1.165) is 38.8 Å². The number of hydrogen-bond donors (Lipinski definition) is 2. The predicted molar refractivity (Wildman–Crippen MR) is 101 cm³/mol. The van der Waals surface area contributed by atoms with Crippen molar-refractivity contribution in [3.63, 3.8) is 0 Å². The largest absolute Gasteiger partial charge is 0.378 e. The van der Waals surface area contributed by atoms with E-state index < -0.39 is 0 Å². The Morgan fingerprint density at radius 3 is 2.40 bits per heavy atom. The second kappa shape index (κ2) is 11.0. The molecule has 0 bridgehead atoms. The van der Waals surface area contributed by atoms with Crippen molar-refractivity contribution in [1.82, 2.24) is 10.2 Å². The number of rotatable bonds is 7. The summed E-state index contributed by atoms with van der Waals surface area (Å²) in [6, 6.07) is 0. The summed E-state index contributed by atoms with van der Waals surface area (Å²) in [5.41, 5.74) is 6.04. The fourth-order valence-corrected chi connectivity index (χ4v) is 3.90. The molecule has 1 aliphatic carbocycles. The van der Waals surface area contributed by atoms with E-state index in [1.807, 2.05) is 4.90 Å². The molecule has 0 unspecified atom stereocenters. The Morgan fingerprint density at radius 1 is 1.20 bits per heavy atom. The SMILES string of the molecule is CNC(=O)CCOC1CCN(C(=O)CC2(CN)CCCCC2)CC1.Cl. The average molecular weight is 376 g/mol. The van der Waals surface area contributed by atoms with E-state index in [4.69, 9.17) is 10.5 Å². The number of amides is 2. The fourth-order valence-electron chi connectivity index (χ4n) is 3.90. The Kier molecular flexibility index (Phi) is 9.75. The maximum absolute atomic E-state index is 12.7. The lowest BCUT2D eigenvalue weighted by atomic mass is 9.71. The molecule has 1 aliphatic heterocycles. The molecule has 1 saturated heterocycles. The van der Waals surface area contributed by atoms with Crippen LogP contribution in [-0.2, 0) is 14.3 Å². The first-order valence-electron chi connectivity index (χ1n) is 9.38. The number of hydrogen-bond acceptors (Lipinski definition) is 4. The van der Waals surface area contributed by atoms with Crippen molar-refractivity contribution in [3.05, 3.63) is 0 Å². The summed E-state index contributed by atoms with van der Waals surface area (Å²) in [6.07, 6.45) is 8.73. The minimum absolute atomic E-state index is 0. The molecule has 6 nitrogen and oxygen atoms in total. The summed E-state index contributed by atoms with van der Waals surface area (Å²) in [7, 11) is 1.63. The van der Waals surface area contributed by atoms with Crippen LogP contribution in [0.4, 0.5) is 0 Å². The molecule has 3 N–H and O–H groups in total. The summed E-state index contributed by atoms with van der Waals surface area (Å²) in [5.74, 6) is 0.258. The van der Waals surface area contributed by atoms with Crippen molar-refractivity contribution in [2.24, 2.45) is 11.1 Å². The van der Waals surface area contributed by atoms with Gasteiger partial charge in [-0.1, -0.05) is 19.3 Å². The van der Waals surface area contributed by atoms with Gasteiger partial charge in [0.25, 0.3) is 0 Å². The quantitative estimate of drug-likeness (QED) is 0.711. The van der Waals surface area contributed by atoms with Crippen LogP contribution in [0.15, 0.2) is 0 Å². The average Bonchev–Trinajstić information content (AvgIpc) is 2.62. The van der Waals surface area contributed by atoms with Gasteiger partial charge in [0.05, 0.1) is 12.7 Å². The van der Waals surface area contributed by atoms with Gasteiger partial charge in [0.2, 0.25) is 11.8 Å². The third-order valence-corrected chi connectivity index (χ3v) is 5.63. The topological polar surface area (TPSA) is 84.7 Å².